The molecule has 0 heterocycles. The highest BCUT2D eigenvalue weighted by Gasteiger charge is 2.19. The Balaban J connectivity index is 3.92. The molecule has 0 saturated heterocycles. The van der Waals surface area contributed by atoms with Crippen LogP contribution in [0.25, 0.3) is 0 Å². The maximum atomic E-state index is 10.4. The largest absolute Gasteiger partial charge is 0.480 e. The zero-order valence-electron chi connectivity index (χ0n) is 5.82. The molecule has 0 spiro atoms. The van der Waals surface area contributed by atoms with E-state index in [4.69, 9.17) is 10.9 Å². The van der Waals surface area contributed by atoms with Gasteiger partial charge in [-0.15, -0.1) is 0 Å². The number of nitrogens with two attached hydrogens (primary N) is 1. The van der Waals surface area contributed by atoms with Crippen molar-refractivity contribution in [3.05, 3.63) is 0 Å². The molecule has 0 aliphatic carbocycles. The smallest absolute Gasteiger partial charge is 0.323 e. The molecule has 0 fully saturated rings. The summed E-state index contributed by atoms with van der Waals surface area (Å²) in [7, 11) is 0. The van der Waals surface area contributed by atoms with Gasteiger partial charge in [0.25, 0.3) is 0 Å². The monoisotopic (exact) mass is 164 g/mol. The topological polar surface area (TPSA) is 66.6 Å². The fourth-order valence-electron chi connectivity index (χ4n) is 0.545. The number of carboxylic acids is 1. The molecular formula is C5H12N2O2S. The third-order valence-corrected chi connectivity index (χ3v) is 1.57. The summed E-state index contributed by atoms with van der Waals surface area (Å²) in [6.45, 7) is 2.30. The zero-order chi connectivity index (χ0) is 8.15. The normalized spacial score (nSPS) is 13.6. The van der Waals surface area contributed by atoms with Crippen LogP contribution in [0.1, 0.15) is 6.92 Å². The van der Waals surface area contributed by atoms with Gasteiger partial charge in [-0.1, -0.05) is 6.92 Å². The van der Waals surface area contributed by atoms with Gasteiger partial charge in [-0.2, -0.15) is 12.6 Å². The SMILES string of the molecule is CCN(N)[C@H](CS)C(=O)O. The van der Waals surface area contributed by atoms with Crippen LogP contribution in [0.2, 0.25) is 0 Å². The standard InChI is InChI=1S/C5H12N2O2S/c1-2-7(6)4(3-10)5(8)9/h4,10H,2-3,6H2,1H3,(H,8,9)/t4-/m1/s1. The van der Waals surface area contributed by atoms with E-state index in [2.05, 4.69) is 12.6 Å². The van der Waals surface area contributed by atoms with Gasteiger partial charge in [0.1, 0.15) is 6.04 Å². The lowest BCUT2D eigenvalue weighted by Gasteiger charge is -2.19. The average Bonchev–Trinajstić information content (AvgIpc) is 1.88. The number of hydrogen-bond acceptors (Lipinski definition) is 4. The van der Waals surface area contributed by atoms with Gasteiger partial charge in [0.2, 0.25) is 0 Å². The first-order chi connectivity index (χ1) is 4.63. The van der Waals surface area contributed by atoms with E-state index in [9.17, 15) is 4.79 Å². The van der Waals surface area contributed by atoms with E-state index in [0.29, 0.717) is 6.54 Å². The summed E-state index contributed by atoms with van der Waals surface area (Å²) in [6, 6.07) is -0.673. The number of rotatable bonds is 4. The molecule has 0 radical (unpaired) electrons. The highest BCUT2D eigenvalue weighted by atomic mass is 32.1. The molecule has 5 heteroatoms. The third-order valence-electron chi connectivity index (χ3n) is 1.22. The van der Waals surface area contributed by atoms with Crippen LogP contribution in [0, 0.1) is 0 Å². The second kappa shape index (κ2) is 4.54. The van der Waals surface area contributed by atoms with Gasteiger partial charge >= 0.3 is 5.97 Å². The number of nitrogens with zero attached hydrogens (tertiary/aromatic N) is 1. The van der Waals surface area contributed by atoms with Crippen LogP contribution < -0.4 is 5.84 Å². The summed E-state index contributed by atoms with van der Waals surface area (Å²) in [6.07, 6.45) is 0. The van der Waals surface area contributed by atoms with Gasteiger partial charge in [0.15, 0.2) is 0 Å². The highest BCUT2D eigenvalue weighted by Crippen LogP contribution is 1.95. The first-order valence-corrected chi connectivity index (χ1v) is 3.61. The van der Waals surface area contributed by atoms with Crippen molar-refractivity contribution in [3.63, 3.8) is 0 Å². The summed E-state index contributed by atoms with van der Waals surface area (Å²) in [4.78, 5) is 10.4. The molecule has 0 bridgehead atoms. The number of likely N-dealkylation sites (N-methyl/N-ethyl adjacent to an activating group) is 1. The Bertz CT molecular complexity index is 120. The predicted molar refractivity (Wildman–Crippen MR) is 41.8 cm³/mol. The van der Waals surface area contributed by atoms with Crippen molar-refractivity contribution >= 4 is 18.6 Å². The Labute approximate surface area is 65.4 Å². The van der Waals surface area contributed by atoms with Crippen LogP contribution in [0.3, 0.4) is 0 Å². The van der Waals surface area contributed by atoms with Crippen molar-refractivity contribution in [2.75, 3.05) is 12.3 Å². The van der Waals surface area contributed by atoms with Crippen LogP contribution in [0.4, 0.5) is 0 Å². The minimum atomic E-state index is -0.931. The van der Waals surface area contributed by atoms with Crippen molar-refractivity contribution in [2.45, 2.75) is 13.0 Å². The molecule has 0 aliphatic heterocycles. The molecule has 0 aromatic carbocycles. The highest BCUT2D eigenvalue weighted by molar-refractivity contribution is 7.80. The minimum absolute atomic E-state index is 0.236. The molecule has 0 aliphatic rings. The minimum Gasteiger partial charge on any atom is -0.480 e. The Hall–Kier alpha value is -0.260. The lowest BCUT2D eigenvalue weighted by Crippen LogP contribution is -2.46. The van der Waals surface area contributed by atoms with Crippen LogP contribution in [0.15, 0.2) is 0 Å². The molecule has 0 rings (SSSR count). The van der Waals surface area contributed by atoms with Crippen molar-refractivity contribution in [1.82, 2.24) is 5.01 Å². The van der Waals surface area contributed by atoms with E-state index >= 15 is 0 Å². The molecular weight excluding hydrogens is 152 g/mol. The maximum Gasteiger partial charge on any atom is 0.323 e. The molecule has 0 aromatic rings. The molecule has 1 atom stereocenters. The summed E-state index contributed by atoms with van der Waals surface area (Å²) in [5.41, 5.74) is 0. The van der Waals surface area contributed by atoms with Crippen molar-refractivity contribution in [1.29, 1.82) is 0 Å². The van der Waals surface area contributed by atoms with E-state index in [1.54, 1.807) is 6.92 Å². The maximum absolute atomic E-state index is 10.4. The molecule has 4 nitrogen and oxygen atoms in total. The third kappa shape index (κ3) is 2.55. The van der Waals surface area contributed by atoms with E-state index < -0.39 is 12.0 Å². The van der Waals surface area contributed by atoms with Crippen LogP contribution in [-0.4, -0.2) is 34.4 Å². The van der Waals surface area contributed by atoms with Gasteiger partial charge in [0, 0.05) is 12.3 Å². The Kier molecular flexibility index (Phi) is 4.42. The lowest BCUT2D eigenvalue weighted by atomic mass is 10.3. The Morgan fingerprint density at radius 3 is 2.50 bits per heavy atom. The molecule has 0 saturated carbocycles. The van der Waals surface area contributed by atoms with Crippen molar-refractivity contribution in [3.8, 4) is 0 Å². The lowest BCUT2D eigenvalue weighted by molar-refractivity contribution is -0.142. The number of aliphatic carboxylic acids is 1. The second-order valence-corrected chi connectivity index (χ2v) is 2.23. The number of carbonyl (C=O) groups is 1. The fourth-order valence-corrected chi connectivity index (χ4v) is 0.911. The summed E-state index contributed by atoms with van der Waals surface area (Å²) >= 11 is 3.85. The van der Waals surface area contributed by atoms with E-state index in [0.717, 1.165) is 0 Å². The fraction of sp³-hybridized carbons (Fsp3) is 0.800. The van der Waals surface area contributed by atoms with E-state index in [1.807, 2.05) is 0 Å². The number of hydrogen-bond donors (Lipinski definition) is 3. The first kappa shape index (κ1) is 9.74. The number of hydrazine groups is 1. The first-order valence-electron chi connectivity index (χ1n) is 2.98. The molecule has 0 unspecified atom stereocenters. The number of carboxylic acid groups (broad SMARTS) is 1. The molecule has 60 valence electrons. The number of thiol groups is 1. The Morgan fingerprint density at radius 2 is 2.40 bits per heavy atom. The van der Waals surface area contributed by atoms with Gasteiger partial charge in [-0.05, 0) is 0 Å². The second-order valence-electron chi connectivity index (χ2n) is 1.87. The predicted octanol–water partition coefficient (Wildman–Crippen LogP) is -0.435. The van der Waals surface area contributed by atoms with Gasteiger partial charge in [0.05, 0.1) is 0 Å². The summed E-state index contributed by atoms with van der Waals surface area (Å²) in [5.74, 6) is 4.64. The van der Waals surface area contributed by atoms with Gasteiger partial charge in [-0.25, -0.2) is 5.01 Å². The summed E-state index contributed by atoms with van der Waals surface area (Å²) in [5, 5.41) is 9.75. The molecule has 0 amide bonds. The van der Waals surface area contributed by atoms with E-state index in [1.165, 1.54) is 5.01 Å². The average molecular weight is 164 g/mol. The molecule has 10 heavy (non-hydrogen) atoms. The van der Waals surface area contributed by atoms with Crippen LogP contribution in [0.5, 0.6) is 0 Å². The van der Waals surface area contributed by atoms with E-state index in [-0.39, 0.29) is 5.75 Å². The van der Waals surface area contributed by atoms with Crippen LogP contribution >= 0.6 is 12.6 Å². The summed E-state index contributed by atoms with van der Waals surface area (Å²) < 4.78 is 0. The van der Waals surface area contributed by atoms with Crippen molar-refractivity contribution < 1.29 is 9.90 Å². The van der Waals surface area contributed by atoms with Crippen molar-refractivity contribution in [2.24, 2.45) is 5.84 Å². The molecule has 3 N–H and O–H groups in total. The Morgan fingerprint density at radius 1 is 1.90 bits per heavy atom. The zero-order valence-corrected chi connectivity index (χ0v) is 6.71. The quantitative estimate of drug-likeness (QED) is 0.299. The van der Waals surface area contributed by atoms with Gasteiger partial charge < -0.3 is 5.11 Å². The van der Waals surface area contributed by atoms with Crippen LogP contribution in [-0.2, 0) is 4.79 Å². The van der Waals surface area contributed by atoms with Gasteiger partial charge in [-0.3, -0.25) is 10.6 Å². The molecule has 0 aromatic heterocycles.